The van der Waals surface area contributed by atoms with Crippen molar-refractivity contribution in [3.63, 3.8) is 0 Å². The minimum Gasteiger partial charge on any atom is -0.481 e. The van der Waals surface area contributed by atoms with Gasteiger partial charge in [-0.1, -0.05) is 31.5 Å². The molecule has 0 spiro atoms. The number of rotatable bonds is 12. The minimum absolute atomic E-state index is 0.175. The summed E-state index contributed by atoms with van der Waals surface area (Å²) >= 11 is 0. The van der Waals surface area contributed by atoms with Gasteiger partial charge in [0.25, 0.3) is 0 Å². The third kappa shape index (κ3) is 14.7. The second kappa shape index (κ2) is 18.4. The second-order valence-corrected chi connectivity index (χ2v) is 13.3. The Hall–Kier alpha value is -3.11. The van der Waals surface area contributed by atoms with E-state index >= 15 is 0 Å². The Bertz CT molecular complexity index is 1240. The Morgan fingerprint density at radius 3 is 2.31 bits per heavy atom. The lowest BCUT2D eigenvalue weighted by atomic mass is 10.2. The molecule has 2 aromatic rings. The van der Waals surface area contributed by atoms with Crippen LogP contribution < -0.4 is 15.8 Å². The molecule has 5 N–H and O–H groups in total. The second-order valence-electron chi connectivity index (χ2n) is 9.75. The summed E-state index contributed by atoms with van der Waals surface area (Å²) in [6.07, 6.45) is 7.92. The van der Waals surface area contributed by atoms with Gasteiger partial charge in [-0.3, -0.25) is 4.57 Å². The van der Waals surface area contributed by atoms with Gasteiger partial charge in [0, 0.05) is 31.7 Å². The van der Waals surface area contributed by atoms with Crippen molar-refractivity contribution in [1.29, 1.82) is 0 Å². The number of nitrogens with zero attached hydrogens (tertiary/aromatic N) is 1. The molecule has 1 amide bonds. The van der Waals surface area contributed by atoms with Crippen LogP contribution >= 0.6 is 7.60 Å². The molecule has 12 nitrogen and oxygen atoms in total. The minimum atomic E-state index is -4.07. The molecule has 0 bridgehead atoms. The molecule has 1 aliphatic heterocycles. The van der Waals surface area contributed by atoms with E-state index in [0.717, 1.165) is 5.56 Å². The van der Waals surface area contributed by atoms with Gasteiger partial charge in [-0.25, -0.2) is 13.2 Å². The molecule has 234 valence electrons. The van der Waals surface area contributed by atoms with E-state index in [4.69, 9.17) is 29.7 Å². The topological polar surface area (TPSA) is 178 Å². The van der Waals surface area contributed by atoms with Crippen molar-refractivity contribution < 1.29 is 41.8 Å². The highest BCUT2D eigenvalue weighted by Crippen LogP contribution is 2.34. The van der Waals surface area contributed by atoms with E-state index in [0.29, 0.717) is 57.1 Å². The van der Waals surface area contributed by atoms with Crippen LogP contribution in [0.5, 0.6) is 5.75 Å². The van der Waals surface area contributed by atoms with Crippen LogP contribution in [0.3, 0.4) is 0 Å². The molecule has 0 aliphatic carbocycles. The van der Waals surface area contributed by atoms with Crippen molar-refractivity contribution in [3.8, 4) is 18.6 Å². The number of alkyl carbamates (subject to hydrolysis) is 1. The lowest BCUT2D eigenvalue weighted by molar-refractivity contribution is 0.0831. The smallest absolute Gasteiger partial charge is 0.407 e. The Morgan fingerprint density at radius 1 is 1.17 bits per heavy atom. The molecule has 1 heterocycles. The molecule has 3 rings (SSSR count). The van der Waals surface area contributed by atoms with E-state index in [1.807, 2.05) is 32.9 Å². The number of nitrogens with one attached hydrogen (secondary N) is 1. The number of hydrogen-bond donors (Lipinski definition) is 4. The lowest BCUT2D eigenvalue weighted by Gasteiger charge is -2.24. The summed E-state index contributed by atoms with van der Waals surface area (Å²) in [5.74, 6) is 0.641. The zero-order valence-electron chi connectivity index (χ0n) is 24.2. The first-order valence-electron chi connectivity index (χ1n) is 13.2. The van der Waals surface area contributed by atoms with Crippen molar-refractivity contribution in [3.05, 3.63) is 54.1 Å². The van der Waals surface area contributed by atoms with E-state index < -0.39 is 30.1 Å². The summed E-state index contributed by atoms with van der Waals surface area (Å²) in [5, 5.41) is 2.66. The number of nitrogens with two attached hydrogens (primary N) is 1. The number of ether oxygens (including phenoxy) is 3. The van der Waals surface area contributed by atoms with Gasteiger partial charge in [-0.2, -0.15) is 4.31 Å². The van der Waals surface area contributed by atoms with Crippen molar-refractivity contribution >= 4 is 29.4 Å². The summed E-state index contributed by atoms with van der Waals surface area (Å²) in [4.78, 5) is 29.0. The standard InChI is InChI=1S/C18H29N3O5S.C8H11O4P.C2H2/c1-14(2)12-21(27(23,24)17-6-4-15(19)5-7-17)10-3-9-20-18(22)26-16-8-11-25-13-16;1-7-2-4-8(5-3-7)12-6-13(9,10)11;1-2/h4-7,14,16H,3,8-13,19H2,1-2H3,(H,20,22);2-5H,6H2,1H3,(H2,9,10,11);1-2H/t16-;;/m0../s1. The van der Waals surface area contributed by atoms with Crippen LogP contribution in [0, 0.1) is 25.7 Å². The molecule has 1 aliphatic rings. The number of amides is 1. The number of terminal acetylenes is 1. The van der Waals surface area contributed by atoms with Crippen molar-refractivity contribution in [2.45, 2.75) is 44.6 Å². The third-order valence-corrected chi connectivity index (χ3v) is 7.87. The van der Waals surface area contributed by atoms with Crippen LogP contribution in [-0.4, -0.2) is 73.9 Å². The Morgan fingerprint density at radius 2 is 1.79 bits per heavy atom. The van der Waals surface area contributed by atoms with Crippen molar-refractivity contribution in [2.75, 3.05) is 44.9 Å². The maximum absolute atomic E-state index is 12.9. The molecule has 1 atom stereocenters. The van der Waals surface area contributed by atoms with E-state index in [1.54, 1.807) is 24.3 Å². The van der Waals surface area contributed by atoms with Crippen LogP contribution in [0.15, 0.2) is 53.4 Å². The predicted molar refractivity (Wildman–Crippen MR) is 161 cm³/mol. The molecular weight excluding hydrogens is 585 g/mol. The van der Waals surface area contributed by atoms with Gasteiger partial charge in [0.15, 0.2) is 6.35 Å². The summed E-state index contributed by atoms with van der Waals surface area (Å²) in [6.45, 7) is 7.91. The Labute approximate surface area is 248 Å². The molecule has 42 heavy (non-hydrogen) atoms. The SMILES string of the molecule is C#C.CC(C)CN(CCCNC(=O)O[C@H]1CCOC1)S(=O)(=O)c1ccc(N)cc1.Cc1ccc(OCP(=O)(O)O)cc1. The number of sulfonamides is 1. The van der Waals surface area contributed by atoms with Crippen LogP contribution in [0.2, 0.25) is 0 Å². The number of aryl methyl sites for hydroxylation is 1. The Kier molecular flexibility index (Phi) is 16.2. The molecule has 2 aromatic carbocycles. The maximum atomic E-state index is 12.9. The fraction of sp³-hybridized carbons (Fsp3) is 0.464. The zero-order chi connectivity index (χ0) is 31.8. The van der Waals surface area contributed by atoms with Gasteiger partial charge in [-0.05, 0) is 55.7 Å². The first kappa shape index (κ1) is 36.9. The van der Waals surface area contributed by atoms with Crippen LogP contribution in [0.4, 0.5) is 10.5 Å². The van der Waals surface area contributed by atoms with Gasteiger partial charge in [-0.15, -0.1) is 12.8 Å². The molecule has 14 heteroatoms. The predicted octanol–water partition coefficient (Wildman–Crippen LogP) is 3.58. The van der Waals surface area contributed by atoms with Gasteiger partial charge in [0.05, 0.1) is 18.1 Å². The number of anilines is 1. The number of benzene rings is 2. The van der Waals surface area contributed by atoms with Gasteiger partial charge in [0.2, 0.25) is 10.0 Å². The van der Waals surface area contributed by atoms with E-state index in [2.05, 4.69) is 18.2 Å². The number of carbonyl (C=O) groups excluding carboxylic acids is 1. The van der Waals surface area contributed by atoms with Gasteiger partial charge >= 0.3 is 13.7 Å². The quantitative estimate of drug-likeness (QED) is 0.118. The monoisotopic (exact) mass is 627 g/mol. The fourth-order valence-corrected chi connectivity index (χ4v) is 5.50. The summed E-state index contributed by atoms with van der Waals surface area (Å²) in [7, 11) is -7.68. The first-order chi connectivity index (χ1) is 19.8. The van der Waals surface area contributed by atoms with Gasteiger partial charge in [0.1, 0.15) is 11.9 Å². The average Bonchev–Trinajstić information content (AvgIpc) is 3.44. The van der Waals surface area contributed by atoms with Crippen molar-refractivity contribution in [2.24, 2.45) is 5.92 Å². The fourth-order valence-electron chi connectivity index (χ4n) is 3.54. The molecule has 0 radical (unpaired) electrons. The molecule has 0 saturated carbocycles. The van der Waals surface area contributed by atoms with Crippen LogP contribution in [0.1, 0.15) is 32.3 Å². The number of carbonyl (C=O) groups is 1. The number of nitrogen functional groups attached to an aromatic ring is 1. The summed E-state index contributed by atoms with van der Waals surface area (Å²) in [5.41, 5.74) is 7.23. The average molecular weight is 628 g/mol. The van der Waals surface area contributed by atoms with E-state index in [1.165, 1.54) is 16.4 Å². The summed E-state index contributed by atoms with van der Waals surface area (Å²) < 4.78 is 52.9. The van der Waals surface area contributed by atoms with E-state index in [9.17, 15) is 17.8 Å². The first-order valence-corrected chi connectivity index (χ1v) is 16.5. The Balaban J connectivity index is 0.000000491. The van der Waals surface area contributed by atoms with Crippen molar-refractivity contribution in [1.82, 2.24) is 9.62 Å². The highest BCUT2D eigenvalue weighted by molar-refractivity contribution is 7.89. The molecule has 1 fully saturated rings. The van der Waals surface area contributed by atoms with Gasteiger partial charge < -0.3 is 35.0 Å². The maximum Gasteiger partial charge on any atom is 0.407 e. The molecule has 0 unspecified atom stereocenters. The number of hydrogen-bond acceptors (Lipinski definition) is 8. The molecule has 1 saturated heterocycles. The zero-order valence-corrected chi connectivity index (χ0v) is 25.9. The van der Waals surface area contributed by atoms with Crippen LogP contribution in [0.25, 0.3) is 0 Å². The van der Waals surface area contributed by atoms with E-state index in [-0.39, 0.29) is 16.9 Å². The normalized spacial score (nSPS) is 14.7. The highest BCUT2D eigenvalue weighted by atomic mass is 32.2. The lowest BCUT2D eigenvalue weighted by Crippen LogP contribution is -2.37. The highest BCUT2D eigenvalue weighted by Gasteiger charge is 2.25. The van der Waals surface area contributed by atoms with Crippen LogP contribution in [-0.2, 0) is 24.1 Å². The third-order valence-electron chi connectivity index (χ3n) is 5.52. The molecule has 0 aromatic heterocycles. The molecular formula is C28H42N3O9PS. The summed E-state index contributed by atoms with van der Waals surface area (Å²) in [6, 6.07) is 13.1. The largest absolute Gasteiger partial charge is 0.481 e.